The van der Waals surface area contributed by atoms with Crippen molar-refractivity contribution in [1.82, 2.24) is 9.47 Å². The third-order valence-electron chi connectivity index (χ3n) is 3.95. The van der Waals surface area contributed by atoms with E-state index in [-0.39, 0.29) is 10.7 Å². The molecule has 2 heterocycles. The summed E-state index contributed by atoms with van der Waals surface area (Å²) in [7, 11) is -1.54. The van der Waals surface area contributed by atoms with E-state index in [4.69, 9.17) is 4.74 Å². The molecule has 1 aliphatic heterocycles. The molecule has 0 bridgehead atoms. The van der Waals surface area contributed by atoms with Crippen molar-refractivity contribution < 1.29 is 13.2 Å². The number of rotatable bonds is 4. The quantitative estimate of drug-likeness (QED) is 0.815. The first kappa shape index (κ1) is 16.0. The van der Waals surface area contributed by atoms with E-state index >= 15 is 0 Å². The molecule has 1 aromatic heterocycles. The van der Waals surface area contributed by atoms with Gasteiger partial charge in [-0.15, -0.1) is 0 Å². The van der Waals surface area contributed by atoms with Gasteiger partial charge >= 0.3 is 0 Å². The van der Waals surface area contributed by atoms with Crippen LogP contribution in [-0.4, -0.2) is 49.6 Å². The van der Waals surface area contributed by atoms with Crippen molar-refractivity contribution in [2.75, 3.05) is 26.5 Å². The van der Waals surface area contributed by atoms with Crippen molar-refractivity contribution in [1.29, 1.82) is 0 Å². The summed E-state index contributed by atoms with van der Waals surface area (Å²) in [6, 6.07) is 1.54. The molecular formula is C14H22N2O4S. The molecule has 1 aliphatic rings. The molecule has 2 rings (SSSR count). The van der Waals surface area contributed by atoms with E-state index in [9.17, 15) is 13.2 Å². The maximum atomic E-state index is 11.7. The molecule has 118 valence electrons. The predicted molar refractivity (Wildman–Crippen MR) is 81.4 cm³/mol. The fraction of sp³-hybridized carbons (Fsp3) is 0.643. The second-order valence-corrected chi connectivity index (χ2v) is 7.96. The van der Waals surface area contributed by atoms with E-state index in [1.807, 2.05) is 11.5 Å². The minimum absolute atomic E-state index is 0.140. The zero-order chi connectivity index (χ0) is 15.6. The topological polar surface area (TPSA) is 68.6 Å². The van der Waals surface area contributed by atoms with Crippen LogP contribution in [0.1, 0.15) is 18.5 Å². The number of sulfone groups is 1. The average molecular weight is 314 g/mol. The molecule has 1 unspecified atom stereocenters. The summed E-state index contributed by atoms with van der Waals surface area (Å²) >= 11 is 0. The summed E-state index contributed by atoms with van der Waals surface area (Å²) in [5.41, 5.74) is 0.696. The Balaban J connectivity index is 2.16. The van der Waals surface area contributed by atoms with Gasteiger partial charge in [-0.3, -0.25) is 9.69 Å². The lowest BCUT2D eigenvalue weighted by Crippen LogP contribution is -2.42. The standard InChI is InChI=1S/C14H22N2O4S/c1-11-7-13(17)14(20-2)9-16(11)10-15-6-4-5-12(8-15)21(3,18)19/h7,9,12H,4-6,8,10H2,1-3H3. The first-order valence-electron chi connectivity index (χ1n) is 6.97. The predicted octanol–water partition coefficient (Wildman–Crippen LogP) is 0.632. The van der Waals surface area contributed by atoms with E-state index in [0.29, 0.717) is 19.0 Å². The molecule has 0 radical (unpaired) electrons. The number of aryl methyl sites for hydroxylation is 1. The number of pyridine rings is 1. The zero-order valence-corrected chi connectivity index (χ0v) is 13.5. The van der Waals surface area contributed by atoms with Crippen LogP contribution in [0.3, 0.4) is 0 Å². The number of methoxy groups -OCH3 is 1. The molecule has 21 heavy (non-hydrogen) atoms. The lowest BCUT2D eigenvalue weighted by Gasteiger charge is -2.32. The van der Waals surface area contributed by atoms with Gasteiger partial charge in [0, 0.05) is 24.6 Å². The van der Waals surface area contributed by atoms with Crippen LogP contribution in [0.4, 0.5) is 0 Å². The zero-order valence-electron chi connectivity index (χ0n) is 12.7. The summed E-state index contributed by atoms with van der Waals surface area (Å²) in [4.78, 5) is 13.8. The third-order valence-corrected chi connectivity index (χ3v) is 5.54. The van der Waals surface area contributed by atoms with Crippen molar-refractivity contribution in [3.8, 4) is 5.75 Å². The van der Waals surface area contributed by atoms with Crippen molar-refractivity contribution >= 4 is 9.84 Å². The highest BCUT2D eigenvalue weighted by Gasteiger charge is 2.27. The van der Waals surface area contributed by atoms with Crippen LogP contribution in [0.25, 0.3) is 0 Å². The van der Waals surface area contributed by atoms with E-state index in [1.54, 1.807) is 6.20 Å². The lowest BCUT2D eigenvalue weighted by molar-refractivity contribution is 0.181. The highest BCUT2D eigenvalue weighted by molar-refractivity contribution is 7.91. The van der Waals surface area contributed by atoms with Gasteiger partial charge in [-0.25, -0.2) is 8.42 Å². The molecule has 1 fully saturated rings. The van der Waals surface area contributed by atoms with Crippen LogP contribution >= 0.6 is 0 Å². The van der Waals surface area contributed by atoms with Crippen molar-refractivity contribution in [3.05, 3.63) is 28.2 Å². The Morgan fingerprint density at radius 3 is 2.76 bits per heavy atom. The number of aromatic nitrogens is 1. The molecule has 0 N–H and O–H groups in total. The second-order valence-electron chi connectivity index (χ2n) is 5.63. The molecular weight excluding hydrogens is 292 g/mol. The Bertz CT molecular complexity index is 666. The van der Waals surface area contributed by atoms with Crippen LogP contribution in [-0.2, 0) is 16.5 Å². The normalized spacial score (nSPS) is 20.4. The number of hydrogen-bond acceptors (Lipinski definition) is 5. The first-order valence-corrected chi connectivity index (χ1v) is 8.93. The van der Waals surface area contributed by atoms with Gasteiger partial charge in [0.1, 0.15) is 0 Å². The molecule has 1 atom stereocenters. The number of ether oxygens (including phenoxy) is 1. The van der Waals surface area contributed by atoms with Crippen LogP contribution in [0, 0.1) is 6.92 Å². The van der Waals surface area contributed by atoms with Crippen LogP contribution in [0.15, 0.2) is 17.1 Å². The minimum atomic E-state index is -3.01. The van der Waals surface area contributed by atoms with Crippen molar-refractivity contribution in [2.45, 2.75) is 31.7 Å². The fourth-order valence-corrected chi connectivity index (χ4v) is 3.74. The van der Waals surface area contributed by atoms with Gasteiger partial charge in [-0.05, 0) is 26.3 Å². The molecule has 0 amide bonds. The Morgan fingerprint density at radius 2 is 2.14 bits per heavy atom. The van der Waals surface area contributed by atoms with Crippen molar-refractivity contribution in [2.24, 2.45) is 0 Å². The van der Waals surface area contributed by atoms with Crippen LogP contribution < -0.4 is 10.2 Å². The Morgan fingerprint density at radius 1 is 1.43 bits per heavy atom. The van der Waals surface area contributed by atoms with Gasteiger partial charge in [-0.2, -0.15) is 0 Å². The smallest absolute Gasteiger partial charge is 0.223 e. The second kappa shape index (κ2) is 6.19. The largest absolute Gasteiger partial charge is 0.491 e. The highest BCUT2D eigenvalue weighted by Crippen LogP contribution is 2.18. The number of likely N-dealkylation sites (tertiary alicyclic amines) is 1. The van der Waals surface area contributed by atoms with Crippen LogP contribution in [0.2, 0.25) is 0 Å². The van der Waals surface area contributed by atoms with Crippen LogP contribution in [0.5, 0.6) is 5.75 Å². The summed E-state index contributed by atoms with van der Waals surface area (Å²) in [5, 5.41) is -0.298. The molecule has 0 aliphatic carbocycles. The van der Waals surface area contributed by atoms with Gasteiger partial charge in [-0.1, -0.05) is 0 Å². The molecule has 7 heteroatoms. The maximum absolute atomic E-state index is 11.7. The van der Waals surface area contributed by atoms with Crippen molar-refractivity contribution in [3.63, 3.8) is 0 Å². The number of nitrogens with zero attached hydrogens (tertiary/aromatic N) is 2. The summed E-state index contributed by atoms with van der Waals surface area (Å²) in [5.74, 6) is 0.303. The number of piperidine rings is 1. The van der Waals surface area contributed by atoms with Gasteiger partial charge in [0.25, 0.3) is 0 Å². The molecule has 0 aromatic carbocycles. The first-order chi connectivity index (χ1) is 9.81. The summed E-state index contributed by atoms with van der Waals surface area (Å²) in [6.45, 7) is 3.82. The molecule has 6 nitrogen and oxygen atoms in total. The minimum Gasteiger partial charge on any atom is -0.491 e. The van der Waals surface area contributed by atoms with Gasteiger partial charge in [0.2, 0.25) is 5.43 Å². The number of hydrogen-bond donors (Lipinski definition) is 0. The maximum Gasteiger partial charge on any atom is 0.223 e. The van der Waals surface area contributed by atoms with E-state index in [1.165, 1.54) is 19.4 Å². The molecule has 1 saturated heterocycles. The van der Waals surface area contributed by atoms with Gasteiger partial charge in [0.05, 0.1) is 25.2 Å². The van der Waals surface area contributed by atoms with Gasteiger partial charge < -0.3 is 9.30 Å². The Kier molecular flexibility index (Phi) is 4.73. The lowest BCUT2D eigenvalue weighted by atomic mass is 10.1. The van der Waals surface area contributed by atoms with E-state index in [0.717, 1.165) is 25.1 Å². The average Bonchev–Trinajstić information content (AvgIpc) is 2.41. The SMILES string of the molecule is COc1cn(CN2CCCC(S(C)(=O)=O)C2)c(C)cc1=O. The monoisotopic (exact) mass is 314 g/mol. The highest BCUT2D eigenvalue weighted by atomic mass is 32.2. The third kappa shape index (κ3) is 3.85. The molecule has 0 saturated carbocycles. The van der Waals surface area contributed by atoms with Gasteiger partial charge in [0.15, 0.2) is 15.6 Å². The summed E-state index contributed by atoms with van der Waals surface area (Å²) < 4.78 is 30.4. The molecule has 0 spiro atoms. The Labute approximate surface area is 125 Å². The van der Waals surface area contributed by atoms with E-state index < -0.39 is 9.84 Å². The van der Waals surface area contributed by atoms with E-state index in [2.05, 4.69) is 4.90 Å². The fourth-order valence-electron chi connectivity index (χ4n) is 2.66. The molecule has 1 aromatic rings. The summed E-state index contributed by atoms with van der Waals surface area (Å²) in [6.07, 6.45) is 4.58. The Hall–Kier alpha value is -1.34.